The van der Waals surface area contributed by atoms with Crippen LogP contribution >= 0.6 is 0 Å². The number of primary amides is 1. The third kappa shape index (κ3) is 5.56. The Morgan fingerprint density at radius 3 is 2.46 bits per heavy atom. The summed E-state index contributed by atoms with van der Waals surface area (Å²) in [5, 5.41) is 8.41. The van der Waals surface area contributed by atoms with Gasteiger partial charge in [0.25, 0.3) is 0 Å². The molecule has 0 aliphatic heterocycles. The monoisotopic (exact) mass is 191 g/mol. The largest absolute Gasteiger partial charge is 0.370 e. The molecule has 0 aromatic carbocycles. The van der Waals surface area contributed by atoms with Crippen LogP contribution in [-0.4, -0.2) is 23.0 Å². The molecule has 0 spiro atoms. The van der Waals surface area contributed by atoms with E-state index in [1.54, 1.807) is 0 Å². The van der Waals surface area contributed by atoms with Gasteiger partial charge in [0.1, 0.15) is 0 Å². The van der Waals surface area contributed by atoms with Crippen molar-refractivity contribution in [1.82, 2.24) is 0 Å². The fraction of sp³-hybridized carbons (Fsp3) is 0.600. The highest BCUT2D eigenvalue weighted by atomic mass is 17.0. The first kappa shape index (κ1) is 11.3. The standard InChI is InChI=1S/C5H9N3O5/c6-3(1-2-4(7)9)5(10)13-8(11)12/h3H,1-2,6H2,(H2,7,9)/t3-/m0/s1. The number of nitrogens with zero attached hydrogens (tertiary/aromatic N) is 1. The van der Waals surface area contributed by atoms with Crippen LogP contribution in [0.1, 0.15) is 12.8 Å². The van der Waals surface area contributed by atoms with Crippen molar-refractivity contribution in [2.75, 3.05) is 0 Å². The predicted octanol–water partition coefficient (Wildman–Crippen LogP) is -1.69. The molecule has 0 saturated heterocycles. The molecule has 0 saturated carbocycles. The van der Waals surface area contributed by atoms with Gasteiger partial charge in [0.15, 0.2) is 0 Å². The molecule has 0 aromatic heterocycles. The Balaban J connectivity index is 3.82. The summed E-state index contributed by atoms with van der Waals surface area (Å²) >= 11 is 0. The molecular formula is C5H9N3O5. The first-order valence-electron chi connectivity index (χ1n) is 3.33. The molecule has 4 N–H and O–H groups in total. The summed E-state index contributed by atoms with van der Waals surface area (Å²) in [5.74, 6) is -1.82. The van der Waals surface area contributed by atoms with E-state index in [2.05, 4.69) is 4.84 Å². The van der Waals surface area contributed by atoms with Gasteiger partial charge in [-0.3, -0.25) is 9.59 Å². The molecule has 1 amide bonds. The van der Waals surface area contributed by atoms with Crippen molar-refractivity contribution in [3.05, 3.63) is 10.1 Å². The van der Waals surface area contributed by atoms with E-state index in [-0.39, 0.29) is 12.8 Å². The van der Waals surface area contributed by atoms with Crippen LogP contribution in [0.25, 0.3) is 0 Å². The SMILES string of the molecule is NC(=O)CC[C@H](N)C(=O)O[N+](=O)[O-]. The minimum absolute atomic E-state index is 0.0675. The molecule has 0 aromatic rings. The Morgan fingerprint density at radius 1 is 1.54 bits per heavy atom. The van der Waals surface area contributed by atoms with E-state index in [0.717, 1.165) is 0 Å². The van der Waals surface area contributed by atoms with Crippen LogP contribution in [-0.2, 0) is 14.4 Å². The molecule has 74 valence electrons. The van der Waals surface area contributed by atoms with Crippen molar-refractivity contribution < 1.29 is 19.5 Å². The highest BCUT2D eigenvalue weighted by Crippen LogP contribution is 1.96. The van der Waals surface area contributed by atoms with E-state index >= 15 is 0 Å². The summed E-state index contributed by atoms with van der Waals surface area (Å²) in [4.78, 5) is 34.1. The van der Waals surface area contributed by atoms with E-state index in [4.69, 9.17) is 11.5 Å². The third-order valence-corrected chi connectivity index (χ3v) is 1.17. The van der Waals surface area contributed by atoms with Gasteiger partial charge in [-0.15, -0.1) is 10.1 Å². The van der Waals surface area contributed by atoms with E-state index in [1.807, 2.05) is 0 Å². The quantitative estimate of drug-likeness (QED) is 0.392. The minimum atomic E-state index is -1.26. The molecule has 0 heterocycles. The molecule has 13 heavy (non-hydrogen) atoms. The first-order valence-corrected chi connectivity index (χ1v) is 3.33. The fourth-order valence-corrected chi connectivity index (χ4v) is 0.557. The first-order chi connectivity index (χ1) is 5.93. The Hall–Kier alpha value is -1.70. The number of amides is 1. The predicted molar refractivity (Wildman–Crippen MR) is 39.5 cm³/mol. The summed E-state index contributed by atoms with van der Waals surface area (Å²) in [6.45, 7) is 0. The van der Waals surface area contributed by atoms with Gasteiger partial charge in [0.2, 0.25) is 5.91 Å². The van der Waals surface area contributed by atoms with Crippen molar-refractivity contribution in [1.29, 1.82) is 0 Å². The molecule has 0 aliphatic rings. The van der Waals surface area contributed by atoms with Crippen molar-refractivity contribution in [2.24, 2.45) is 11.5 Å². The Kier molecular flexibility index (Phi) is 4.38. The second kappa shape index (κ2) is 5.04. The van der Waals surface area contributed by atoms with Crippen molar-refractivity contribution in [3.63, 3.8) is 0 Å². The summed E-state index contributed by atoms with van der Waals surface area (Å²) in [6, 6.07) is -1.20. The number of carbonyl (C=O) groups is 2. The average Bonchev–Trinajstić information content (AvgIpc) is 1.98. The third-order valence-electron chi connectivity index (χ3n) is 1.17. The average molecular weight is 191 g/mol. The Labute approximate surface area is 72.9 Å². The maximum absolute atomic E-state index is 10.6. The molecule has 0 aliphatic carbocycles. The van der Waals surface area contributed by atoms with Crippen LogP contribution in [0.4, 0.5) is 0 Å². The van der Waals surface area contributed by atoms with Crippen molar-refractivity contribution in [3.8, 4) is 0 Å². The van der Waals surface area contributed by atoms with E-state index in [1.165, 1.54) is 0 Å². The number of hydrogen-bond acceptors (Lipinski definition) is 6. The zero-order valence-electron chi connectivity index (χ0n) is 6.63. The second-order valence-electron chi connectivity index (χ2n) is 2.25. The summed E-state index contributed by atoms with van der Waals surface area (Å²) in [6.07, 6.45) is -0.185. The van der Waals surface area contributed by atoms with E-state index < -0.39 is 23.0 Å². The van der Waals surface area contributed by atoms with Crippen LogP contribution in [0.5, 0.6) is 0 Å². The number of carbonyl (C=O) groups excluding carboxylic acids is 2. The molecular weight excluding hydrogens is 182 g/mol. The summed E-state index contributed by atoms with van der Waals surface area (Å²) in [5.41, 5.74) is 9.89. The van der Waals surface area contributed by atoms with Crippen LogP contribution in [0.15, 0.2) is 0 Å². The summed E-state index contributed by atoms with van der Waals surface area (Å²) < 4.78 is 0. The molecule has 0 unspecified atom stereocenters. The normalized spacial score (nSPS) is 11.8. The van der Waals surface area contributed by atoms with Gasteiger partial charge in [-0.1, -0.05) is 0 Å². The summed E-state index contributed by atoms with van der Waals surface area (Å²) in [7, 11) is 0. The van der Waals surface area contributed by atoms with Gasteiger partial charge in [-0.2, -0.15) is 0 Å². The van der Waals surface area contributed by atoms with Crippen LogP contribution < -0.4 is 11.5 Å². The minimum Gasteiger partial charge on any atom is -0.370 e. The molecule has 8 nitrogen and oxygen atoms in total. The molecule has 0 rings (SSSR count). The zero-order chi connectivity index (χ0) is 10.4. The van der Waals surface area contributed by atoms with Gasteiger partial charge in [-0.05, 0) is 6.42 Å². The fourth-order valence-electron chi connectivity index (χ4n) is 0.557. The van der Waals surface area contributed by atoms with Gasteiger partial charge in [0, 0.05) is 6.42 Å². The number of hydrogen-bond donors (Lipinski definition) is 2. The van der Waals surface area contributed by atoms with Crippen LogP contribution in [0.3, 0.4) is 0 Å². The van der Waals surface area contributed by atoms with Gasteiger partial charge in [0.05, 0.1) is 6.04 Å². The number of rotatable bonds is 5. The lowest BCUT2D eigenvalue weighted by molar-refractivity contribution is -0.729. The van der Waals surface area contributed by atoms with Gasteiger partial charge >= 0.3 is 11.1 Å². The van der Waals surface area contributed by atoms with Crippen LogP contribution in [0.2, 0.25) is 0 Å². The molecule has 1 atom stereocenters. The molecule has 0 radical (unpaired) electrons. The lowest BCUT2D eigenvalue weighted by Crippen LogP contribution is -2.34. The maximum Gasteiger partial charge on any atom is 0.320 e. The Bertz CT molecular complexity index is 228. The van der Waals surface area contributed by atoms with Gasteiger partial charge < -0.3 is 11.5 Å². The Morgan fingerprint density at radius 2 is 2.08 bits per heavy atom. The highest BCUT2D eigenvalue weighted by molar-refractivity contribution is 5.77. The lowest BCUT2D eigenvalue weighted by atomic mass is 10.2. The maximum atomic E-state index is 10.6. The topological polar surface area (TPSA) is 139 Å². The molecule has 8 heteroatoms. The van der Waals surface area contributed by atoms with Gasteiger partial charge in [-0.25, -0.2) is 4.84 Å². The zero-order valence-corrected chi connectivity index (χ0v) is 6.63. The highest BCUT2D eigenvalue weighted by Gasteiger charge is 2.17. The lowest BCUT2D eigenvalue weighted by Gasteiger charge is -2.05. The van der Waals surface area contributed by atoms with Crippen molar-refractivity contribution >= 4 is 11.9 Å². The van der Waals surface area contributed by atoms with Crippen molar-refractivity contribution in [2.45, 2.75) is 18.9 Å². The van der Waals surface area contributed by atoms with E-state index in [9.17, 15) is 19.7 Å². The second-order valence-corrected chi connectivity index (χ2v) is 2.25. The molecule has 0 bridgehead atoms. The van der Waals surface area contributed by atoms with Crippen LogP contribution in [0, 0.1) is 10.1 Å². The molecule has 0 fully saturated rings. The smallest absolute Gasteiger partial charge is 0.320 e. The van der Waals surface area contributed by atoms with E-state index in [0.29, 0.717) is 0 Å². The number of nitrogens with two attached hydrogens (primary N) is 2.